The zero-order chi connectivity index (χ0) is 9.42. The van der Waals surface area contributed by atoms with Crippen molar-refractivity contribution in [3.05, 3.63) is 23.9 Å². The lowest BCUT2D eigenvalue weighted by molar-refractivity contribution is 0.149. The molecule has 1 heterocycles. The number of phenols is 1. The zero-order valence-electron chi connectivity index (χ0n) is 6.37. The van der Waals surface area contributed by atoms with Gasteiger partial charge in [0.1, 0.15) is 11.4 Å². The number of aromatic hydroxyl groups is 1. The highest BCUT2D eigenvalue weighted by Crippen LogP contribution is 2.31. The van der Waals surface area contributed by atoms with Crippen molar-refractivity contribution in [3.63, 3.8) is 0 Å². The summed E-state index contributed by atoms with van der Waals surface area (Å²) in [5, 5.41) is 9.48. The third-order valence-electron chi connectivity index (χ3n) is 1.69. The number of phenolic OH excluding ortho intramolecular Hbond substituents is 1. The number of rotatable bonds is 1. The van der Waals surface area contributed by atoms with Gasteiger partial charge in [-0.2, -0.15) is 4.37 Å². The first kappa shape index (κ1) is 8.37. The van der Waals surface area contributed by atoms with E-state index in [1.807, 2.05) is 0 Å². The molecule has 0 saturated heterocycles. The standard InChI is InChI=1S/C8H5F2NOS/c9-8(10)7-5-2-1-4(12)3-6(5)13-11-7/h1-3,8,12H. The van der Waals surface area contributed by atoms with Gasteiger partial charge in [0.15, 0.2) is 0 Å². The van der Waals surface area contributed by atoms with E-state index in [1.165, 1.54) is 18.2 Å². The second kappa shape index (κ2) is 2.92. The van der Waals surface area contributed by atoms with E-state index in [9.17, 15) is 8.78 Å². The minimum atomic E-state index is -2.56. The fourth-order valence-corrected chi connectivity index (χ4v) is 1.92. The van der Waals surface area contributed by atoms with Gasteiger partial charge in [-0.15, -0.1) is 0 Å². The molecule has 1 aromatic carbocycles. The van der Waals surface area contributed by atoms with Crippen LogP contribution in [0.2, 0.25) is 0 Å². The van der Waals surface area contributed by atoms with E-state index in [2.05, 4.69) is 4.37 Å². The monoisotopic (exact) mass is 201 g/mol. The molecule has 2 rings (SSSR count). The summed E-state index contributed by atoms with van der Waals surface area (Å²) < 4.78 is 28.8. The van der Waals surface area contributed by atoms with Crippen molar-refractivity contribution in [1.82, 2.24) is 4.37 Å². The van der Waals surface area contributed by atoms with Crippen LogP contribution in [0.25, 0.3) is 10.1 Å². The highest BCUT2D eigenvalue weighted by molar-refractivity contribution is 7.13. The number of fused-ring (bicyclic) bond motifs is 1. The van der Waals surface area contributed by atoms with Gasteiger partial charge in [-0.1, -0.05) is 0 Å². The van der Waals surface area contributed by atoms with Crippen molar-refractivity contribution in [2.24, 2.45) is 0 Å². The maximum Gasteiger partial charge on any atom is 0.282 e. The number of nitrogens with zero attached hydrogens (tertiary/aromatic N) is 1. The summed E-state index contributed by atoms with van der Waals surface area (Å²) in [4.78, 5) is 0. The topological polar surface area (TPSA) is 33.1 Å². The molecular weight excluding hydrogens is 196 g/mol. The van der Waals surface area contributed by atoms with Crippen LogP contribution in [0.4, 0.5) is 8.78 Å². The van der Waals surface area contributed by atoms with Crippen LogP contribution in [0.1, 0.15) is 12.1 Å². The second-order valence-electron chi connectivity index (χ2n) is 2.55. The average Bonchev–Trinajstić information content (AvgIpc) is 2.46. The molecule has 2 nitrogen and oxygen atoms in total. The first-order chi connectivity index (χ1) is 6.18. The summed E-state index contributed by atoms with van der Waals surface area (Å²) in [6.45, 7) is 0. The third-order valence-corrected chi connectivity index (χ3v) is 2.51. The first-order valence-corrected chi connectivity index (χ1v) is 4.32. The Morgan fingerprint density at radius 1 is 1.38 bits per heavy atom. The fraction of sp³-hybridized carbons (Fsp3) is 0.125. The number of aromatic nitrogens is 1. The molecular formula is C8H5F2NOS. The summed E-state index contributed by atoms with van der Waals surface area (Å²) in [6.07, 6.45) is -2.56. The first-order valence-electron chi connectivity index (χ1n) is 3.55. The van der Waals surface area contributed by atoms with Crippen LogP contribution in [0, 0.1) is 0 Å². The fourth-order valence-electron chi connectivity index (χ4n) is 1.10. The number of hydrogen-bond acceptors (Lipinski definition) is 3. The van der Waals surface area contributed by atoms with Crippen molar-refractivity contribution < 1.29 is 13.9 Å². The molecule has 0 bridgehead atoms. The Labute approximate surface area is 76.6 Å². The molecule has 0 aliphatic rings. The summed E-state index contributed by atoms with van der Waals surface area (Å²) >= 11 is 0.966. The lowest BCUT2D eigenvalue weighted by atomic mass is 10.2. The van der Waals surface area contributed by atoms with Crippen LogP contribution in [-0.4, -0.2) is 9.48 Å². The second-order valence-corrected chi connectivity index (χ2v) is 3.35. The van der Waals surface area contributed by atoms with Crippen molar-refractivity contribution >= 4 is 21.6 Å². The molecule has 0 fully saturated rings. The lowest BCUT2D eigenvalue weighted by Gasteiger charge is -1.94. The maximum absolute atomic E-state index is 12.3. The normalized spacial score (nSPS) is 11.3. The van der Waals surface area contributed by atoms with Gasteiger partial charge in [0.05, 0.1) is 4.70 Å². The van der Waals surface area contributed by atoms with E-state index in [1.54, 1.807) is 0 Å². The molecule has 0 spiro atoms. The Morgan fingerprint density at radius 2 is 2.15 bits per heavy atom. The minimum Gasteiger partial charge on any atom is -0.508 e. The van der Waals surface area contributed by atoms with Gasteiger partial charge in [0.25, 0.3) is 6.43 Å². The van der Waals surface area contributed by atoms with Crippen LogP contribution in [-0.2, 0) is 0 Å². The summed E-state index contributed by atoms with van der Waals surface area (Å²) in [7, 11) is 0. The zero-order valence-corrected chi connectivity index (χ0v) is 7.18. The highest BCUT2D eigenvalue weighted by Gasteiger charge is 2.15. The summed E-state index contributed by atoms with van der Waals surface area (Å²) in [6, 6.07) is 4.26. The molecule has 0 saturated carbocycles. The Bertz CT molecular complexity index is 441. The van der Waals surface area contributed by atoms with E-state index in [0.29, 0.717) is 10.1 Å². The van der Waals surface area contributed by atoms with E-state index in [-0.39, 0.29) is 11.4 Å². The van der Waals surface area contributed by atoms with Gasteiger partial charge in [0.2, 0.25) is 0 Å². The molecule has 0 aliphatic carbocycles. The van der Waals surface area contributed by atoms with Gasteiger partial charge >= 0.3 is 0 Å². The predicted molar refractivity (Wildman–Crippen MR) is 46.2 cm³/mol. The molecule has 0 amide bonds. The van der Waals surface area contributed by atoms with Crippen LogP contribution in [0.5, 0.6) is 5.75 Å². The van der Waals surface area contributed by atoms with Crippen LogP contribution < -0.4 is 0 Å². The van der Waals surface area contributed by atoms with Gasteiger partial charge in [-0.3, -0.25) is 0 Å². The highest BCUT2D eigenvalue weighted by atomic mass is 32.1. The third kappa shape index (κ3) is 1.35. The Morgan fingerprint density at radius 3 is 2.85 bits per heavy atom. The van der Waals surface area contributed by atoms with Crippen molar-refractivity contribution in [2.75, 3.05) is 0 Å². The molecule has 1 N–H and O–H groups in total. The lowest BCUT2D eigenvalue weighted by Crippen LogP contribution is -1.82. The Kier molecular flexibility index (Phi) is 1.88. The SMILES string of the molecule is Oc1ccc2c(C(F)F)nsc2c1. The quantitative estimate of drug-likeness (QED) is 0.769. The number of hydrogen-bond donors (Lipinski definition) is 1. The van der Waals surface area contributed by atoms with Gasteiger partial charge in [-0.25, -0.2) is 8.78 Å². The summed E-state index contributed by atoms with van der Waals surface area (Å²) in [5.74, 6) is 0.0666. The molecule has 2 aromatic rings. The van der Waals surface area contributed by atoms with E-state index < -0.39 is 6.43 Å². The van der Waals surface area contributed by atoms with Crippen LogP contribution in [0.3, 0.4) is 0 Å². The van der Waals surface area contributed by atoms with Crippen LogP contribution >= 0.6 is 11.5 Å². The number of alkyl halides is 2. The number of halogens is 2. The van der Waals surface area contributed by atoms with Crippen molar-refractivity contribution in [3.8, 4) is 5.75 Å². The van der Waals surface area contributed by atoms with Crippen molar-refractivity contribution in [1.29, 1.82) is 0 Å². The largest absolute Gasteiger partial charge is 0.508 e. The van der Waals surface area contributed by atoms with E-state index in [0.717, 1.165) is 11.5 Å². The van der Waals surface area contributed by atoms with E-state index >= 15 is 0 Å². The molecule has 0 aliphatic heterocycles. The molecule has 13 heavy (non-hydrogen) atoms. The average molecular weight is 201 g/mol. The molecule has 1 aromatic heterocycles. The van der Waals surface area contributed by atoms with Gasteiger partial charge < -0.3 is 5.11 Å². The summed E-state index contributed by atoms with van der Waals surface area (Å²) in [5.41, 5.74) is -0.208. The number of benzene rings is 1. The predicted octanol–water partition coefficient (Wildman–Crippen LogP) is 2.94. The maximum atomic E-state index is 12.3. The van der Waals surface area contributed by atoms with Crippen LogP contribution in [0.15, 0.2) is 18.2 Å². The van der Waals surface area contributed by atoms with Gasteiger partial charge in [0, 0.05) is 5.39 Å². The van der Waals surface area contributed by atoms with E-state index in [4.69, 9.17) is 5.11 Å². The molecule has 0 atom stereocenters. The molecule has 0 radical (unpaired) electrons. The van der Waals surface area contributed by atoms with Gasteiger partial charge in [-0.05, 0) is 29.7 Å². The Balaban J connectivity index is 2.69. The molecule has 0 unspecified atom stereocenters. The Hall–Kier alpha value is -1.23. The molecule has 68 valence electrons. The van der Waals surface area contributed by atoms with Crippen molar-refractivity contribution in [2.45, 2.75) is 6.43 Å². The minimum absolute atomic E-state index is 0.0666. The smallest absolute Gasteiger partial charge is 0.282 e. The molecule has 5 heteroatoms.